The molecule has 0 aliphatic rings. The van der Waals surface area contributed by atoms with Crippen LogP contribution in [0.15, 0.2) is 15.4 Å². The molecule has 0 fully saturated rings. The van der Waals surface area contributed by atoms with Crippen molar-refractivity contribution in [3.63, 3.8) is 0 Å². The average molecular weight is 360 g/mol. The highest BCUT2D eigenvalue weighted by atomic mass is 79.9. The predicted octanol–water partition coefficient (Wildman–Crippen LogP) is 2.90. The minimum Gasteiger partial charge on any atom is -0.395 e. The number of sulfonamides is 1. The zero-order valence-corrected chi connectivity index (χ0v) is 13.2. The Morgan fingerprint density at radius 3 is 2.39 bits per heavy atom. The van der Waals surface area contributed by atoms with Crippen molar-refractivity contribution in [2.24, 2.45) is 0 Å². The molecular formula is C10H13BrClFN2O2S. The van der Waals surface area contributed by atoms with Crippen molar-refractivity contribution < 1.29 is 12.8 Å². The lowest BCUT2D eigenvalue weighted by Crippen LogP contribution is -2.40. The van der Waals surface area contributed by atoms with Crippen LogP contribution in [-0.2, 0) is 10.0 Å². The minimum atomic E-state index is -4.02. The molecule has 1 aromatic carbocycles. The number of hydrogen-bond acceptors (Lipinski definition) is 3. The van der Waals surface area contributed by atoms with Gasteiger partial charge >= 0.3 is 0 Å². The van der Waals surface area contributed by atoms with Crippen LogP contribution >= 0.6 is 27.5 Å². The number of nitrogens with one attached hydrogen (secondary N) is 1. The van der Waals surface area contributed by atoms with Gasteiger partial charge in [0, 0.05) is 5.54 Å². The fourth-order valence-corrected chi connectivity index (χ4v) is 3.35. The first-order valence-corrected chi connectivity index (χ1v) is 7.58. The molecule has 0 unspecified atom stereocenters. The van der Waals surface area contributed by atoms with Crippen LogP contribution < -0.4 is 10.5 Å². The van der Waals surface area contributed by atoms with Gasteiger partial charge in [0.25, 0.3) is 0 Å². The van der Waals surface area contributed by atoms with Crippen molar-refractivity contribution in [3.05, 3.63) is 21.4 Å². The Labute approximate surface area is 119 Å². The normalized spacial score (nSPS) is 12.8. The van der Waals surface area contributed by atoms with Gasteiger partial charge in [0.05, 0.1) is 15.2 Å². The number of halogens is 3. The lowest BCUT2D eigenvalue weighted by molar-refractivity contribution is 0.486. The number of rotatable bonds is 2. The van der Waals surface area contributed by atoms with Crippen molar-refractivity contribution in [1.82, 2.24) is 4.72 Å². The highest BCUT2D eigenvalue weighted by molar-refractivity contribution is 9.10. The molecule has 0 spiro atoms. The molecule has 8 heteroatoms. The lowest BCUT2D eigenvalue weighted by Gasteiger charge is -2.21. The Morgan fingerprint density at radius 2 is 1.94 bits per heavy atom. The van der Waals surface area contributed by atoms with Crippen LogP contribution in [0.2, 0.25) is 5.02 Å². The van der Waals surface area contributed by atoms with Gasteiger partial charge in [0.15, 0.2) is 5.82 Å². The number of anilines is 1. The quantitative estimate of drug-likeness (QED) is 0.630. The number of benzene rings is 1. The van der Waals surface area contributed by atoms with Gasteiger partial charge in [-0.05, 0) is 42.8 Å². The highest BCUT2D eigenvalue weighted by Gasteiger charge is 2.27. The molecule has 1 rings (SSSR count). The van der Waals surface area contributed by atoms with Gasteiger partial charge in [0.1, 0.15) is 4.90 Å². The predicted molar refractivity (Wildman–Crippen MR) is 73.6 cm³/mol. The summed E-state index contributed by atoms with van der Waals surface area (Å²) in [4.78, 5) is -0.567. The molecule has 0 radical (unpaired) electrons. The van der Waals surface area contributed by atoms with E-state index in [-0.39, 0.29) is 15.2 Å². The molecule has 0 saturated carbocycles. The van der Waals surface area contributed by atoms with Gasteiger partial charge in [-0.25, -0.2) is 17.5 Å². The van der Waals surface area contributed by atoms with Crippen LogP contribution in [0.4, 0.5) is 10.1 Å². The molecule has 4 nitrogen and oxygen atoms in total. The summed E-state index contributed by atoms with van der Waals surface area (Å²) in [5.74, 6) is -1.02. The zero-order chi connectivity index (χ0) is 14.3. The SMILES string of the molecule is CC(C)(C)NS(=O)(=O)c1cc(Cl)c(Br)c(N)c1F. The maximum atomic E-state index is 13.9. The van der Waals surface area contributed by atoms with Gasteiger partial charge in [-0.15, -0.1) is 0 Å². The van der Waals surface area contributed by atoms with E-state index in [1.807, 2.05) is 0 Å². The van der Waals surface area contributed by atoms with E-state index < -0.39 is 26.3 Å². The zero-order valence-electron chi connectivity index (χ0n) is 10.0. The summed E-state index contributed by atoms with van der Waals surface area (Å²) in [5, 5.41) is 0.0307. The van der Waals surface area contributed by atoms with E-state index in [0.29, 0.717) is 0 Å². The molecule has 3 N–H and O–H groups in total. The van der Waals surface area contributed by atoms with Crippen LogP contribution in [0.25, 0.3) is 0 Å². The van der Waals surface area contributed by atoms with Crippen molar-refractivity contribution >= 4 is 43.2 Å². The summed E-state index contributed by atoms with van der Waals surface area (Å²) >= 11 is 8.76. The molecular weight excluding hydrogens is 347 g/mol. The molecule has 0 aromatic heterocycles. The fraction of sp³-hybridized carbons (Fsp3) is 0.400. The van der Waals surface area contributed by atoms with Crippen molar-refractivity contribution in [2.45, 2.75) is 31.2 Å². The number of hydrogen-bond donors (Lipinski definition) is 2. The summed E-state index contributed by atoms with van der Waals surface area (Å²) in [6.07, 6.45) is 0. The second-order valence-electron chi connectivity index (χ2n) is 4.75. The van der Waals surface area contributed by atoms with Crippen LogP contribution in [0.5, 0.6) is 0 Å². The molecule has 0 saturated heterocycles. The number of nitrogen functional groups attached to an aromatic ring is 1. The first kappa shape index (κ1) is 15.7. The van der Waals surface area contributed by atoms with E-state index in [0.717, 1.165) is 6.07 Å². The van der Waals surface area contributed by atoms with E-state index in [2.05, 4.69) is 20.7 Å². The van der Waals surface area contributed by atoms with Crippen molar-refractivity contribution in [3.8, 4) is 0 Å². The van der Waals surface area contributed by atoms with E-state index in [1.165, 1.54) is 0 Å². The van der Waals surface area contributed by atoms with Crippen LogP contribution in [-0.4, -0.2) is 14.0 Å². The molecule has 0 aliphatic heterocycles. The standard InChI is InChI=1S/C10H13BrClFN2O2S/c1-10(2,3)15-18(16,17)6-4-5(12)7(11)9(14)8(6)13/h4,15H,14H2,1-3H3. The Balaban J connectivity index is 3.44. The fourth-order valence-electron chi connectivity index (χ4n) is 1.25. The van der Waals surface area contributed by atoms with E-state index in [1.54, 1.807) is 20.8 Å². The maximum absolute atomic E-state index is 13.9. The first-order chi connectivity index (χ1) is 7.96. The third-order valence-corrected chi connectivity index (χ3v) is 5.02. The van der Waals surface area contributed by atoms with Gasteiger partial charge in [-0.1, -0.05) is 11.6 Å². The van der Waals surface area contributed by atoms with Crippen LogP contribution in [0.3, 0.4) is 0 Å². The van der Waals surface area contributed by atoms with Crippen molar-refractivity contribution in [2.75, 3.05) is 5.73 Å². The van der Waals surface area contributed by atoms with Gasteiger partial charge in [-0.2, -0.15) is 0 Å². The second-order valence-corrected chi connectivity index (χ2v) is 7.60. The first-order valence-electron chi connectivity index (χ1n) is 4.92. The summed E-state index contributed by atoms with van der Waals surface area (Å²) in [6, 6.07) is 1.02. The van der Waals surface area contributed by atoms with Gasteiger partial charge < -0.3 is 5.73 Å². The Kier molecular flexibility index (Phi) is 4.32. The highest BCUT2D eigenvalue weighted by Crippen LogP contribution is 2.34. The molecule has 18 heavy (non-hydrogen) atoms. The molecule has 102 valence electrons. The third-order valence-electron chi connectivity index (χ3n) is 1.89. The Bertz CT molecular complexity index is 585. The maximum Gasteiger partial charge on any atom is 0.244 e. The molecule has 0 aliphatic carbocycles. The monoisotopic (exact) mass is 358 g/mol. The topological polar surface area (TPSA) is 72.2 Å². The van der Waals surface area contributed by atoms with E-state index in [9.17, 15) is 12.8 Å². The minimum absolute atomic E-state index is 0.0307. The molecule has 0 atom stereocenters. The molecule has 0 amide bonds. The van der Waals surface area contributed by atoms with E-state index in [4.69, 9.17) is 17.3 Å². The summed E-state index contributed by atoms with van der Waals surface area (Å²) in [5.41, 5.74) is 4.37. The van der Waals surface area contributed by atoms with E-state index >= 15 is 0 Å². The van der Waals surface area contributed by atoms with Gasteiger partial charge in [-0.3, -0.25) is 0 Å². The van der Waals surface area contributed by atoms with Crippen LogP contribution in [0.1, 0.15) is 20.8 Å². The second kappa shape index (κ2) is 4.96. The van der Waals surface area contributed by atoms with Gasteiger partial charge in [0.2, 0.25) is 10.0 Å². The molecule has 0 bridgehead atoms. The molecule has 0 heterocycles. The average Bonchev–Trinajstić information content (AvgIpc) is 2.16. The summed E-state index contributed by atoms with van der Waals surface area (Å²) in [6.45, 7) is 4.94. The Morgan fingerprint density at radius 1 is 1.44 bits per heavy atom. The smallest absolute Gasteiger partial charge is 0.244 e. The summed E-state index contributed by atoms with van der Waals surface area (Å²) in [7, 11) is -4.02. The lowest BCUT2D eigenvalue weighted by atomic mass is 10.1. The summed E-state index contributed by atoms with van der Waals surface area (Å²) < 4.78 is 40.4. The Hall–Kier alpha value is -0.370. The van der Waals surface area contributed by atoms with Crippen LogP contribution in [0, 0.1) is 5.82 Å². The largest absolute Gasteiger partial charge is 0.395 e. The van der Waals surface area contributed by atoms with Crippen molar-refractivity contribution in [1.29, 1.82) is 0 Å². The number of nitrogens with two attached hydrogens (primary N) is 1. The third kappa shape index (κ3) is 3.34. The molecule has 1 aromatic rings.